The molecule has 2 aromatic rings. The Hall–Kier alpha value is -2.60. The number of thioether (sulfide) groups is 1. The van der Waals surface area contributed by atoms with Crippen molar-refractivity contribution in [1.29, 1.82) is 0 Å². The largest absolute Gasteiger partial charge is 0.490 e. The number of aromatic nitrogens is 2. The van der Waals surface area contributed by atoms with Crippen LogP contribution < -0.4 is 0 Å². The highest BCUT2D eigenvalue weighted by Gasteiger charge is 2.51. The van der Waals surface area contributed by atoms with Crippen LogP contribution in [0, 0.1) is 6.92 Å². The van der Waals surface area contributed by atoms with Crippen LogP contribution in [0.5, 0.6) is 0 Å². The number of aliphatic carboxylic acids is 1. The van der Waals surface area contributed by atoms with Gasteiger partial charge in [0, 0.05) is 31.0 Å². The molecule has 1 N–H and O–H groups in total. The quantitative estimate of drug-likeness (QED) is 0.683. The number of carbonyl (C=O) groups is 2. The second-order valence-corrected chi connectivity index (χ2v) is 9.37. The number of aryl methyl sites for hydroxylation is 2. The maximum absolute atomic E-state index is 12.6. The van der Waals surface area contributed by atoms with Crippen molar-refractivity contribution in [2.45, 2.75) is 50.3 Å². The molecule has 0 bridgehead atoms. The van der Waals surface area contributed by atoms with Gasteiger partial charge >= 0.3 is 12.1 Å². The van der Waals surface area contributed by atoms with Crippen LogP contribution in [0.1, 0.15) is 40.9 Å². The molecule has 0 radical (unpaired) electrons. The summed E-state index contributed by atoms with van der Waals surface area (Å²) in [6.45, 7) is 6.04. The van der Waals surface area contributed by atoms with Crippen LogP contribution in [0.15, 0.2) is 28.9 Å². The molecule has 8 nitrogen and oxygen atoms in total. The Balaban J connectivity index is 0.000000383. The Morgan fingerprint density at radius 3 is 2.67 bits per heavy atom. The number of halogens is 3. The van der Waals surface area contributed by atoms with Gasteiger partial charge in [-0.05, 0) is 25.5 Å². The van der Waals surface area contributed by atoms with Crippen LogP contribution in [0.4, 0.5) is 13.2 Å². The van der Waals surface area contributed by atoms with Gasteiger partial charge in [-0.15, -0.1) is 11.8 Å². The van der Waals surface area contributed by atoms with Gasteiger partial charge < -0.3 is 19.3 Å². The first-order valence-corrected chi connectivity index (χ1v) is 11.2. The normalized spacial score (nSPS) is 19.1. The average molecular weight is 488 g/mol. The predicted octanol–water partition coefficient (Wildman–Crippen LogP) is 3.49. The van der Waals surface area contributed by atoms with E-state index in [2.05, 4.69) is 10.1 Å². The van der Waals surface area contributed by atoms with Crippen molar-refractivity contribution in [3.8, 4) is 0 Å². The number of pyridine rings is 1. The van der Waals surface area contributed by atoms with E-state index in [0.717, 1.165) is 36.7 Å². The molecule has 2 aromatic heterocycles. The van der Waals surface area contributed by atoms with Crippen molar-refractivity contribution in [3.63, 3.8) is 0 Å². The van der Waals surface area contributed by atoms with Gasteiger partial charge in [-0.1, -0.05) is 18.1 Å². The molecule has 4 heterocycles. The molecule has 0 aliphatic carbocycles. The topological polar surface area (TPSA) is 106 Å². The Morgan fingerprint density at radius 1 is 1.36 bits per heavy atom. The van der Waals surface area contributed by atoms with Crippen LogP contribution in [0.3, 0.4) is 0 Å². The number of hydrogen-bond donors (Lipinski definition) is 1. The third-order valence-corrected chi connectivity index (χ3v) is 6.85. The minimum Gasteiger partial charge on any atom is -0.475 e. The minimum absolute atomic E-state index is 0.0302. The summed E-state index contributed by atoms with van der Waals surface area (Å²) in [5.41, 5.74) is 2.58. The molecule has 12 heteroatoms. The van der Waals surface area contributed by atoms with E-state index in [1.54, 1.807) is 0 Å². The molecule has 180 valence electrons. The van der Waals surface area contributed by atoms with Crippen molar-refractivity contribution >= 4 is 23.6 Å². The maximum Gasteiger partial charge on any atom is 0.490 e. The highest BCUT2D eigenvalue weighted by molar-refractivity contribution is 8.01. The fourth-order valence-electron chi connectivity index (χ4n) is 3.67. The maximum atomic E-state index is 12.6. The molecule has 4 rings (SSSR count). The van der Waals surface area contributed by atoms with Crippen molar-refractivity contribution in [2.75, 3.05) is 18.8 Å². The molecule has 1 amide bonds. The van der Waals surface area contributed by atoms with E-state index in [1.807, 2.05) is 48.7 Å². The van der Waals surface area contributed by atoms with Gasteiger partial charge in [0.05, 0.1) is 29.3 Å². The zero-order valence-corrected chi connectivity index (χ0v) is 18.9. The molecule has 2 fully saturated rings. The summed E-state index contributed by atoms with van der Waals surface area (Å²) < 4.78 is 43.1. The summed E-state index contributed by atoms with van der Waals surface area (Å²) in [7, 11) is 0. The summed E-state index contributed by atoms with van der Waals surface area (Å²) in [4.78, 5) is 27.9. The lowest BCUT2D eigenvalue weighted by atomic mass is 9.92. The van der Waals surface area contributed by atoms with Crippen molar-refractivity contribution in [1.82, 2.24) is 15.0 Å². The number of carboxylic acids is 1. The van der Waals surface area contributed by atoms with Crippen LogP contribution in [-0.4, -0.2) is 67.9 Å². The van der Waals surface area contributed by atoms with Crippen LogP contribution in [0.2, 0.25) is 0 Å². The average Bonchev–Trinajstić information content (AvgIpc) is 3.38. The molecule has 2 saturated heterocycles. The molecular formula is C21H24F3N3O5S. The van der Waals surface area contributed by atoms with E-state index in [-0.39, 0.29) is 16.8 Å². The summed E-state index contributed by atoms with van der Waals surface area (Å²) in [6, 6.07) is 6.00. The summed E-state index contributed by atoms with van der Waals surface area (Å²) in [5, 5.41) is 10.9. The highest BCUT2D eigenvalue weighted by atomic mass is 32.2. The standard InChI is InChI=1S/C19H23N3O3S.C2HF3O2/c1-3-17-16(8-20-25-17)18(23)22-11-19(12-22)7-15(10-26-19)24-9-14-6-4-5-13(2)21-14;3-2(4,5)1(6)7/h4-6,8,15H,3,7,9-12H2,1-2H3;(H,6,7). The summed E-state index contributed by atoms with van der Waals surface area (Å²) in [6.07, 6.45) is -1.66. The second kappa shape index (κ2) is 10.1. The van der Waals surface area contributed by atoms with Gasteiger partial charge in [-0.3, -0.25) is 9.78 Å². The smallest absolute Gasteiger partial charge is 0.475 e. The number of nitrogens with zero attached hydrogens (tertiary/aromatic N) is 3. The number of amides is 1. The first kappa shape index (κ1) is 25.0. The van der Waals surface area contributed by atoms with E-state index >= 15 is 0 Å². The van der Waals surface area contributed by atoms with Gasteiger partial charge in [-0.25, -0.2) is 4.79 Å². The van der Waals surface area contributed by atoms with Crippen molar-refractivity contribution in [2.24, 2.45) is 0 Å². The number of likely N-dealkylation sites (tertiary alicyclic amines) is 1. The number of ether oxygens (including phenoxy) is 1. The lowest BCUT2D eigenvalue weighted by molar-refractivity contribution is -0.192. The number of carbonyl (C=O) groups excluding carboxylic acids is 1. The lowest BCUT2D eigenvalue weighted by Crippen LogP contribution is -2.60. The van der Waals surface area contributed by atoms with E-state index in [9.17, 15) is 18.0 Å². The predicted molar refractivity (Wildman–Crippen MR) is 113 cm³/mol. The van der Waals surface area contributed by atoms with E-state index in [0.29, 0.717) is 24.4 Å². The van der Waals surface area contributed by atoms with E-state index in [1.165, 1.54) is 6.20 Å². The Morgan fingerprint density at radius 2 is 2.06 bits per heavy atom. The minimum atomic E-state index is -5.08. The monoisotopic (exact) mass is 487 g/mol. The Labute approximate surface area is 192 Å². The van der Waals surface area contributed by atoms with Crippen molar-refractivity contribution < 1.29 is 37.1 Å². The zero-order chi connectivity index (χ0) is 24.2. The fraction of sp³-hybridized carbons (Fsp3) is 0.524. The number of rotatable bonds is 5. The molecule has 0 saturated carbocycles. The molecule has 2 aliphatic heterocycles. The molecule has 2 aliphatic rings. The molecule has 1 unspecified atom stereocenters. The molecule has 1 atom stereocenters. The van der Waals surface area contributed by atoms with Gasteiger partial charge in [0.25, 0.3) is 5.91 Å². The molecule has 1 spiro atoms. The van der Waals surface area contributed by atoms with Crippen molar-refractivity contribution in [3.05, 3.63) is 47.1 Å². The molecular weight excluding hydrogens is 463 g/mol. The highest BCUT2D eigenvalue weighted by Crippen LogP contribution is 2.46. The Kier molecular flexibility index (Phi) is 7.68. The van der Waals surface area contributed by atoms with Crippen LogP contribution >= 0.6 is 11.8 Å². The van der Waals surface area contributed by atoms with E-state index in [4.69, 9.17) is 19.2 Å². The van der Waals surface area contributed by atoms with Gasteiger partial charge in [0.2, 0.25) is 0 Å². The van der Waals surface area contributed by atoms with Crippen LogP contribution in [-0.2, 0) is 22.6 Å². The third-order valence-electron chi connectivity index (χ3n) is 5.27. The first-order valence-electron chi connectivity index (χ1n) is 10.2. The lowest BCUT2D eigenvalue weighted by Gasteiger charge is -2.47. The number of alkyl halides is 3. The number of carboxylic acid groups (broad SMARTS) is 1. The third kappa shape index (κ3) is 6.26. The van der Waals surface area contributed by atoms with Gasteiger partial charge in [-0.2, -0.15) is 13.2 Å². The van der Waals surface area contributed by atoms with Gasteiger partial charge in [0.1, 0.15) is 11.3 Å². The second-order valence-electron chi connectivity index (χ2n) is 7.88. The van der Waals surface area contributed by atoms with Gasteiger partial charge in [0.15, 0.2) is 0 Å². The summed E-state index contributed by atoms with van der Waals surface area (Å²) >= 11 is 1.93. The summed E-state index contributed by atoms with van der Waals surface area (Å²) in [5.74, 6) is -1.08. The number of hydrogen-bond acceptors (Lipinski definition) is 7. The van der Waals surface area contributed by atoms with E-state index < -0.39 is 12.1 Å². The molecule has 0 aromatic carbocycles. The SMILES string of the molecule is CCc1oncc1C(=O)N1CC2(CC(OCc3cccc(C)n3)CS2)C1.O=C(O)C(F)(F)F. The van der Waals surface area contributed by atoms with Crippen LogP contribution in [0.25, 0.3) is 0 Å². The first-order chi connectivity index (χ1) is 15.5. The molecule has 33 heavy (non-hydrogen) atoms. The fourth-order valence-corrected chi connectivity index (χ4v) is 5.22. The zero-order valence-electron chi connectivity index (χ0n) is 18.1. The Bertz CT molecular complexity index is 992.